The Morgan fingerprint density at radius 1 is 1.17 bits per heavy atom. The maximum absolute atomic E-state index is 11.0. The van der Waals surface area contributed by atoms with E-state index < -0.39 is 0 Å². The summed E-state index contributed by atoms with van der Waals surface area (Å²) in [4.78, 5) is 13.3. The van der Waals surface area contributed by atoms with Gasteiger partial charge in [0.1, 0.15) is 5.69 Å². The lowest BCUT2D eigenvalue weighted by Gasteiger charge is -1.98. The first-order chi connectivity index (χ1) is 8.81. The zero-order valence-electron chi connectivity index (χ0n) is 9.54. The highest BCUT2D eigenvalue weighted by molar-refractivity contribution is 7.15. The van der Waals surface area contributed by atoms with Gasteiger partial charge in [-0.25, -0.2) is 5.10 Å². The summed E-state index contributed by atoms with van der Waals surface area (Å²) >= 11 is 1.68. The molecule has 3 rings (SSSR count). The Hall–Kier alpha value is -2.14. The first-order valence-electron chi connectivity index (χ1n) is 5.57. The Bertz CT molecular complexity index is 677. The molecular weight excluding hydrogens is 246 g/mol. The van der Waals surface area contributed by atoms with Gasteiger partial charge >= 0.3 is 0 Å². The molecule has 0 fully saturated rings. The van der Waals surface area contributed by atoms with Crippen LogP contribution in [0.15, 0.2) is 53.6 Å². The number of thiophene rings is 1. The molecular formula is C13H11N3OS. The molecule has 0 amide bonds. The van der Waals surface area contributed by atoms with Gasteiger partial charge in [-0.05, 0) is 30.3 Å². The van der Waals surface area contributed by atoms with Gasteiger partial charge in [0, 0.05) is 23.3 Å². The van der Waals surface area contributed by atoms with Crippen molar-refractivity contribution in [1.82, 2.24) is 14.8 Å². The van der Waals surface area contributed by atoms with Gasteiger partial charge in [0.15, 0.2) is 0 Å². The molecule has 0 saturated carbocycles. The third kappa shape index (κ3) is 2.26. The number of nitrogens with one attached hydrogen (secondary N) is 1. The van der Waals surface area contributed by atoms with Crippen molar-refractivity contribution in [2.45, 2.75) is 6.54 Å². The first-order valence-corrected chi connectivity index (χ1v) is 6.38. The molecule has 0 spiro atoms. The lowest BCUT2D eigenvalue weighted by Crippen LogP contribution is -2.05. The summed E-state index contributed by atoms with van der Waals surface area (Å²) in [6.45, 7) is 0.862. The van der Waals surface area contributed by atoms with Crippen molar-refractivity contribution in [2.75, 3.05) is 0 Å². The summed E-state index contributed by atoms with van der Waals surface area (Å²) < 4.78 is 2.12. The highest BCUT2D eigenvalue weighted by Crippen LogP contribution is 2.26. The van der Waals surface area contributed by atoms with E-state index in [2.05, 4.69) is 20.8 Å². The van der Waals surface area contributed by atoms with Crippen molar-refractivity contribution in [1.29, 1.82) is 0 Å². The quantitative estimate of drug-likeness (QED) is 0.783. The van der Waals surface area contributed by atoms with Crippen LogP contribution in [0.4, 0.5) is 0 Å². The third-order valence-corrected chi connectivity index (χ3v) is 3.69. The first kappa shape index (κ1) is 11.0. The van der Waals surface area contributed by atoms with Crippen LogP contribution in [-0.4, -0.2) is 14.8 Å². The largest absolute Gasteiger partial charge is 0.349 e. The van der Waals surface area contributed by atoms with Crippen LogP contribution in [0.25, 0.3) is 10.6 Å². The number of rotatable bonds is 3. The van der Waals surface area contributed by atoms with Crippen molar-refractivity contribution in [3.8, 4) is 10.6 Å². The summed E-state index contributed by atoms with van der Waals surface area (Å²) in [6, 6.07) is 11.4. The van der Waals surface area contributed by atoms with E-state index in [1.807, 2.05) is 30.6 Å². The Morgan fingerprint density at radius 2 is 2.00 bits per heavy atom. The van der Waals surface area contributed by atoms with Crippen LogP contribution in [0, 0.1) is 0 Å². The van der Waals surface area contributed by atoms with E-state index in [-0.39, 0.29) is 5.56 Å². The zero-order chi connectivity index (χ0) is 12.4. The Balaban J connectivity index is 1.85. The van der Waals surface area contributed by atoms with Crippen molar-refractivity contribution in [3.05, 3.63) is 64.0 Å². The molecule has 0 radical (unpaired) electrons. The lowest BCUT2D eigenvalue weighted by atomic mass is 10.3. The van der Waals surface area contributed by atoms with Gasteiger partial charge in [-0.3, -0.25) is 4.79 Å². The molecule has 0 saturated heterocycles. The summed E-state index contributed by atoms with van der Waals surface area (Å²) in [7, 11) is 0. The van der Waals surface area contributed by atoms with Gasteiger partial charge in [0.2, 0.25) is 0 Å². The highest BCUT2D eigenvalue weighted by Gasteiger charge is 2.04. The van der Waals surface area contributed by atoms with Crippen LogP contribution in [0.3, 0.4) is 0 Å². The predicted octanol–water partition coefficient (Wildman–Crippen LogP) is 2.35. The number of aromatic nitrogens is 3. The van der Waals surface area contributed by atoms with Gasteiger partial charge in [0.05, 0.1) is 11.4 Å². The maximum atomic E-state index is 11.0. The smallest absolute Gasteiger partial charge is 0.264 e. The average molecular weight is 257 g/mol. The second-order valence-electron chi connectivity index (χ2n) is 3.93. The topological polar surface area (TPSA) is 50.7 Å². The molecule has 0 aliphatic heterocycles. The zero-order valence-corrected chi connectivity index (χ0v) is 10.4. The second-order valence-corrected chi connectivity index (χ2v) is 5.10. The number of hydrogen-bond acceptors (Lipinski definition) is 3. The van der Waals surface area contributed by atoms with Gasteiger partial charge < -0.3 is 4.57 Å². The maximum Gasteiger partial charge on any atom is 0.264 e. The minimum atomic E-state index is -0.178. The standard InChI is InChI=1S/C13H11N3OS/c17-13-6-4-11(14-15-13)12-5-3-10(18-12)9-16-7-1-2-8-16/h1-8H,9H2,(H,15,17). The number of nitrogens with zero attached hydrogens (tertiary/aromatic N) is 2. The van der Waals surface area contributed by atoms with Gasteiger partial charge in [-0.1, -0.05) is 0 Å². The third-order valence-electron chi connectivity index (χ3n) is 2.60. The molecule has 0 unspecified atom stereocenters. The number of aromatic amines is 1. The Labute approximate surface area is 108 Å². The molecule has 4 nitrogen and oxygen atoms in total. The van der Waals surface area contributed by atoms with Crippen molar-refractivity contribution < 1.29 is 0 Å². The van der Waals surface area contributed by atoms with E-state index in [0.717, 1.165) is 17.1 Å². The fourth-order valence-corrected chi connectivity index (χ4v) is 2.72. The van der Waals surface area contributed by atoms with Gasteiger partial charge in [-0.15, -0.1) is 11.3 Å². The van der Waals surface area contributed by atoms with E-state index in [9.17, 15) is 4.79 Å². The van der Waals surface area contributed by atoms with Gasteiger partial charge in [-0.2, -0.15) is 5.10 Å². The van der Waals surface area contributed by atoms with Crippen LogP contribution in [0.1, 0.15) is 4.88 Å². The Kier molecular flexibility index (Phi) is 2.82. The van der Waals surface area contributed by atoms with E-state index in [1.165, 1.54) is 10.9 Å². The molecule has 0 aliphatic rings. The van der Waals surface area contributed by atoms with Crippen molar-refractivity contribution >= 4 is 11.3 Å². The summed E-state index contributed by atoms with van der Waals surface area (Å²) in [5.74, 6) is 0. The highest BCUT2D eigenvalue weighted by atomic mass is 32.1. The van der Waals surface area contributed by atoms with E-state index in [0.29, 0.717) is 0 Å². The normalized spacial score (nSPS) is 10.7. The number of hydrogen-bond donors (Lipinski definition) is 1. The molecule has 3 aromatic rings. The summed E-state index contributed by atoms with van der Waals surface area (Å²) in [6.07, 6.45) is 4.08. The van der Waals surface area contributed by atoms with Crippen LogP contribution in [-0.2, 0) is 6.54 Å². The molecule has 0 aromatic carbocycles. The molecule has 90 valence electrons. The minimum Gasteiger partial charge on any atom is -0.349 e. The minimum absolute atomic E-state index is 0.178. The summed E-state index contributed by atoms with van der Waals surface area (Å²) in [5.41, 5.74) is 0.626. The average Bonchev–Trinajstić information content (AvgIpc) is 3.02. The molecule has 18 heavy (non-hydrogen) atoms. The molecule has 3 aromatic heterocycles. The second kappa shape index (κ2) is 4.62. The van der Waals surface area contributed by atoms with Gasteiger partial charge in [0.25, 0.3) is 5.56 Å². The van der Waals surface area contributed by atoms with Crippen molar-refractivity contribution in [2.24, 2.45) is 0 Å². The van der Waals surface area contributed by atoms with E-state index >= 15 is 0 Å². The van der Waals surface area contributed by atoms with Crippen LogP contribution >= 0.6 is 11.3 Å². The molecule has 0 bridgehead atoms. The SMILES string of the molecule is O=c1ccc(-c2ccc(Cn3cccc3)s2)n[nH]1. The monoisotopic (exact) mass is 257 g/mol. The van der Waals surface area contributed by atoms with Crippen LogP contribution < -0.4 is 5.56 Å². The predicted molar refractivity (Wildman–Crippen MR) is 71.7 cm³/mol. The summed E-state index contributed by atoms with van der Waals surface area (Å²) in [5, 5.41) is 6.47. The molecule has 3 heterocycles. The molecule has 5 heteroatoms. The van der Waals surface area contributed by atoms with E-state index in [4.69, 9.17) is 0 Å². The lowest BCUT2D eigenvalue weighted by molar-refractivity contribution is 0.819. The van der Waals surface area contributed by atoms with Crippen LogP contribution in [0.5, 0.6) is 0 Å². The fraction of sp³-hybridized carbons (Fsp3) is 0.0769. The molecule has 0 aliphatic carbocycles. The molecule has 0 atom stereocenters. The molecule has 1 N–H and O–H groups in total. The van der Waals surface area contributed by atoms with Crippen LogP contribution in [0.2, 0.25) is 0 Å². The van der Waals surface area contributed by atoms with Crippen molar-refractivity contribution in [3.63, 3.8) is 0 Å². The fourth-order valence-electron chi connectivity index (χ4n) is 1.74. The Morgan fingerprint density at radius 3 is 2.72 bits per heavy atom. The van der Waals surface area contributed by atoms with E-state index in [1.54, 1.807) is 17.4 Å². The number of H-pyrrole nitrogens is 1.